The number of aromatic nitrogens is 2. The molecule has 3 rings (SSSR count). The van der Waals surface area contributed by atoms with Gasteiger partial charge in [-0.15, -0.1) is 0 Å². The van der Waals surface area contributed by atoms with Gasteiger partial charge in [0.2, 0.25) is 5.91 Å². The summed E-state index contributed by atoms with van der Waals surface area (Å²) < 4.78 is 0. The summed E-state index contributed by atoms with van der Waals surface area (Å²) in [4.78, 5) is 47.0. The van der Waals surface area contributed by atoms with E-state index in [1.165, 1.54) is 6.20 Å². The molecule has 1 atom stereocenters. The van der Waals surface area contributed by atoms with Gasteiger partial charge in [0, 0.05) is 25.7 Å². The van der Waals surface area contributed by atoms with Crippen LogP contribution in [0.25, 0.3) is 11.3 Å². The van der Waals surface area contributed by atoms with E-state index in [-0.39, 0.29) is 17.4 Å². The van der Waals surface area contributed by atoms with Crippen molar-refractivity contribution in [2.24, 2.45) is 0 Å². The van der Waals surface area contributed by atoms with Crippen LogP contribution in [-0.2, 0) is 4.79 Å². The number of carbonyl (C=O) groups excluding carboxylic acids is 2. The summed E-state index contributed by atoms with van der Waals surface area (Å²) in [5.41, 5.74) is 1.62. The fourth-order valence-corrected chi connectivity index (χ4v) is 3.31. The average molecular weight is 368 g/mol. The van der Waals surface area contributed by atoms with Crippen molar-refractivity contribution in [1.82, 2.24) is 19.8 Å². The van der Waals surface area contributed by atoms with E-state index in [1.54, 1.807) is 47.3 Å². The summed E-state index contributed by atoms with van der Waals surface area (Å²) in [5.74, 6) is -0.128. The molecule has 142 valence electrons. The molecule has 27 heavy (non-hydrogen) atoms. The minimum atomic E-state index is -0.398. The van der Waals surface area contributed by atoms with Crippen LogP contribution in [0.2, 0.25) is 0 Å². The van der Waals surface area contributed by atoms with Crippen molar-refractivity contribution in [3.05, 3.63) is 52.6 Å². The summed E-state index contributed by atoms with van der Waals surface area (Å²) in [7, 11) is 1.78. The van der Waals surface area contributed by atoms with E-state index in [2.05, 4.69) is 16.9 Å². The lowest BCUT2D eigenvalue weighted by Crippen LogP contribution is -2.57. The molecule has 1 aromatic heterocycles. The quantitative estimate of drug-likeness (QED) is 0.873. The molecule has 1 N–H and O–H groups in total. The highest BCUT2D eigenvalue weighted by molar-refractivity contribution is 5.98. The third-order valence-electron chi connectivity index (χ3n) is 4.90. The van der Waals surface area contributed by atoms with Crippen LogP contribution < -0.4 is 5.56 Å². The Kier molecular flexibility index (Phi) is 5.69. The number of nitrogens with one attached hydrogen (secondary N) is 1. The number of H-pyrrole nitrogens is 1. The smallest absolute Gasteiger partial charge is 0.266 e. The summed E-state index contributed by atoms with van der Waals surface area (Å²) in [5, 5.41) is 0. The van der Waals surface area contributed by atoms with Crippen LogP contribution >= 0.6 is 0 Å². The minimum Gasteiger partial charge on any atom is -0.342 e. The number of piperazine rings is 1. The third-order valence-corrected chi connectivity index (χ3v) is 4.90. The van der Waals surface area contributed by atoms with Crippen molar-refractivity contribution >= 4 is 11.8 Å². The number of hydrogen-bond donors (Lipinski definition) is 1. The van der Waals surface area contributed by atoms with E-state index in [4.69, 9.17) is 0 Å². The molecule has 1 aromatic carbocycles. The highest BCUT2D eigenvalue weighted by atomic mass is 16.2. The van der Waals surface area contributed by atoms with Gasteiger partial charge in [0.25, 0.3) is 11.5 Å². The highest BCUT2D eigenvalue weighted by Gasteiger charge is 2.35. The number of aromatic amines is 1. The van der Waals surface area contributed by atoms with Crippen LogP contribution in [-0.4, -0.2) is 57.8 Å². The number of amides is 2. The second-order valence-electron chi connectivity index (χ2n) is 6.80. The van der Waals surface area contributed by atoms with Crippen LogP contribution in [0.15, 0.2) is 41.5 Å². The summed E-state index contributed by atoms with van der Waals surface area (Å²) >= 11 is 0. The number of unbranched alkanes of at least 4 members (excludes halogenated alkanes) is 1. The number of rotatable bonds is 5. The molecule has 7 nitrogen and oxygen atoms in total. The third kappa shape index (κ3) is 4.07. The van der Waals surface area contributed by atoms with Crippen LogP contribution in [0, 0.1) is 0 Å². The Morgan fingerprint density at radius 1 is 1.19 bits per heavy atom. The standard InChI is InChI=1S/C20H24N4O3/c1-3-4-5-17-20(27)23(2)10-11-24(17)19(26)15-8-6-14(7-9-15)16-12-21-13-18(25)22-16/h6-9,12-13,17H,3-5,10-11H2,1-2H3,(H,22,25)/t17-/m0/s1. The lowest BCUT2D eigenvalue weighted by atomic mass is 10.0. The van der Waals surface area contributed by atoms with Gasteiger partial charge in [-0.25, -0.2) is 0 Å². The SMILES string of the molecule is CCCC[C@H]1C(=O)N(C)CCN1C(=O)c1ccc(-c2cncc(=O)[nH]2)cc1. The van der Waals surface area contributed by atoms with Crippen molar-refractivity contribution in [3.63, 3.8) is 0 Å². The maximum atomic E-state index is 13.0. The first-order valence-corrected chi connectivity index (χ1v) is 9.22. The van der Waals surface area contributed by atoms with Crippen molar-refractivity contribution in [3.8, 4) is 11.3 Å². The number of nitrogens with zero attached hydrogens (tertiary/aromatic N) is 3. The first kappa shape index (κ1) is 18.8. The Labute approximate surface area is 158 Å². The molecular formula is C20H24N4O3. The molecule has 1 saturated heterocycles. The predicted octanol–water partition coefficient (Wildman–Crippen LogP) is 1.91. The van der Waals surface area contributed by atoms with E-state index in [9.17, 15) is 14.4 Å². The molecule has 2 amide bonds. The number of carbonyl (C=O) groups is 2. The van der Waals surface area contributed by atoms with E-state index >= 15 is 0 Å². The normalized spacial score (nSPS) is 17.3. The molecule has 0 saturated carbocycles. The zero-order valence-corrected chi connectivity index (χ0v) is 15.6. The van der Waals surface area contributed by atoms with Gasteiger partial charge in [-0.1, -0.05) is 31.9 Å². The zero-order chi connectivity index (χ0) is 19.4. The molecule has 2 heterocycles. The maximum absolute atomic E-state index is 13.0. The van der Waals surface area contributed by atoms with Crippen LogP contribution in [0.3, 0.4) is 0 Å². The molecule has 0 aliphatic carbocycles. The van der Waals surface area contributed by atoms with Crippen molar-refractivity contribution < 1.29 is 9.59 Å². The first-order valence-electron chi connectivity index (χ1n) is 9.22. The van der Waals surface area contributed by atoms with Gasteiger partial charge in [0.15, 0.2) is 0 Å². The fourth-order valence-electron chi connectivity index (χ4n) is 3.31. The summed E-state index contributed by atoms with van der Waals surface area (Å²) in [6.07, 6.45) is 5.34. The molecule has 2 aromatic rings. The monoisotopic (exact) mass is 368 g/mol. The second kappa shape index (κ2) is 8.16. The molecule has 1 aliphatic heterocycles. The first-order chi connectivity index (χ1) is 13.0. The molecule has 7 heteroatoms. The lowest BCUT2D eigenvalue weighted by Gasteiger charge is -2.39. The minimum absolute atomic E-state index is 0.00704. The predicted molar refractivity (Wildman–Crippen MR) is 102 cm³/mol. The largest absolute Gasteiger partial charge is 0.342 e. The van der Waals surface area contributed by atoms with E-state index < -0.39 is 6.04 Å². The Hall–Kier alpha value is -2.96. The van der Waals surface area contributed by atoms with Crippen molar-refractivity contribution in [1.29, 1.82) is 0 Å². The van der Waals surface area contributed by atoms with Gasteiger partial charge in [-0.2, -0.15) is 0 Å². The van der Waals surface area contributed by atoms with Crippen molar-refractivity contribution in [2.75, 3.05) is 20.1 Å². The Balaban J connectivity index is 1.81. The fraction of sp³-hybridized carbons (Fsp3) is 0.400. The van der Waals surface area contributed by atoms with Gasteiger partial charge in [0.05, 0.1) is 18.1 Å². The number of likely N-dealkylation sites (N-methyl/N-ethyl adjacent to an activating group) is 1. The molecule has 0 unspecified atom stereocenters. The van der Waals surface area contributed by atoms with Gasteiger partial charge in [-0.3, -0.25) is 19.4 Å². The van der Waals surface area contributed by atoms with Gasteiger partial charge < -0.3 is 14.8 Å². The Morgan fingerprint density at radius 3 is 2.59 bits per heavy atom. The summed E-state index contributed by atoms with van der Waals surface area (Å²) in [6.45, 7) is 3.15. The van der Waals surface area contributed by atoms with Gasteiger partial charge in [0.1, 0.15) is 6.04 Å². The highest BCUT2D eigenvalue weighted by Crippen LogP contribution is 2.21. The van der Waals surface area contributed by atoms with E-state index in [0.29, 0.717) is 30.8 Å². The van der Waals surface area contributed by atoms with Crippen LogP contribution in [0.4, 0.5) is 0 Å². The topological polar surface area (TPSA) is 86.4 Å². The second-order valence-corrected chi connectivity index (χ2v) is 6.80. The Bertz CT molecular complexity index is 875. The number of hydrogen-bond acceptors (Lipinski definition) is 4. The maximum Gasteiger partial charge on any atom is 0.266 e. The molecule has 1 fully saturated rings. The molecule has 0 radical (unpaired) electrons. The van der Waals surface area contributed by atoms with E-state index in [1.807, 2.05) is 0 Å². The molecule has 0 spiro atoms. The summed E-state index contributed by atoms with van der Waals surface area (Å²) in [6, 6.07) is 6.61. The zero-order valence-electron chi connectivity index (χ0n) is 15.6. The van der Waals surface area contributed by atoms with E-state index in [0.717, 1.165) is 18.4 Å². The van der Waals surface area contributed by atoms with Gasteiger partial charge in [-0.05, 0) is 24.1 Å². The van der Waals surface area contributed by atoms with Gasteiger partial charge >= 0.3 is 0 Å². The number of benzene rings is 1. The average Bonchev–Trinajstić information content (AvgIpc) is 2.69. The Morgan fingerprint density at radius 2 is 1.93 bits per heavy atom. The van der Waals surface area contributed by atoms with Crippen molar-refractivity contribution in [2.45, 2.75) is 32.2 Å². The van der Waals surface area contributed by atoms with Crippen LogP contribution in [0.5, 0.6) is 0 Å². The van der Waals surface area contributed by atoms with Crippen LogP contribution in [0.1, 0.15) is 36.5 Å². The molecule has 0 bridgehead atoms. The molecular weight excluding hydrogens is 344 g/mol. The lowest BCUT2D eigenvalue weighted by molar-refractivity contribution is -0.138. The molecule has 1 aliphatic rings.